The number of aliphatic hydroxyl groups excluding tert-OH is 3. The molecule has 0 aliphatic carbocycles. The molecule has 0 amide bonds. The summed E-state index contributed by atoms with van der Waals surface area (Å²) in [7, 11) is 0. The lowest BCUT2D eigenvalue weighted by molar-refractivity contribution is -0.210. The summed E-state index contributed by atoms with van der Waals surface area (Å²) in [6, 6.07) is 1.68. The van der Waals surface area contributed by atoms with Crippen molar-refractivity contribution in [1.29, 1.82) is 0 Å². The number of aryl methyl sites for hydroxylation is 1. The van der Waals surface area contributed by atoms with E-state index >= 15 is 0 Å². The van der Waals surface area contributed by atoms with Crippen LogP contribution in [0, 0.1) is 6.92 Å². The van der Waals surface area contributed by atoms with Gasteiger partial charge in [-0.15, -0.1) is 16.7 Å². The third-order valence-corrected chi connectivity index (χ3v) is 7.10. The smallest absolute Gasteiger partial charge is 0.394 e. The quantitative estimate of drug-likeness (QED) is 0.251. The third kappa shape index (κ3) is 6.20. The van der Waals surface area contributed by atoms with E-state index in [2.05, 4.69) is 27.0 Å². The van der Waals surface area contributed by atoms with Gasteiger partial charge in [0, 0.05) is 16.5 Å². The number of alkyl halides is 4. The van der Waals surface area contributed by atoms with Crippen LogP contribution in [0.4, 0.5) is 13.2 Å². The van der Waals surface area contributed by atoms with Gasteiger partial charge in [0.2, 0.25) is 0 Å². The molecule has 1 aromatic carbocycles. The van der Waals surface area contributed by atoms with E-state index in [9.17, 15) is 28.5 Å². The predicted octanol–water partition coefficient (Wildman–Crippen LogP) is 4.21. The molecule has 216 valence electrons. The van der Waals surface area contributed by atoms with Gasteiger partial charge in [-0.05, 0) is 31.2 Å². The van der Waals surface area contributed by atoms with E-state index < -0.39 is 59.9 Å². The Kier molecular flexibility index (Phi) is 9.25. The van der Waals surface area contributed by atoms with Crippen LogP contribution < -0.4 is 0 Å². The molecule has 1 fully saturated rings. The summed E-state index contributed by atoms with van der Waals surface area (Å²) in [5.74, 6) is -0.148. The third-order valence-electron chi connectivity index (χ3n) is 6.21. The van der Waals surface area contributed by atoms with Gasteiger partial charge in [-0.3, -0.25) is 0 Å². The Morgan fingerprint density at radius 1 is 1.27 bits per heavy atom. The van der Waals surface area contributed by atoms with E-state index in [0.717, 1.165) is 27.6 Å². The molecule has 40 heavy (non-hydrogen) atoms. The lowest BCUT2D eigenvalue weighted by Gasteiger charge is -2.41. The normalized spacial score (nSPS) is 24.8. The van der Waals surface area contributed by atoms with Crippen LogP contribution in [0.3, 0.4) is 0 Å². The van der Waals surface area contributed by atoms with E-state index in [1.165, 1.54) is 19.2 Å². The van der Waals surface area contributed by atoms with Crippen LogP contribution in [-0.2, 0) is 10.9 Å². The molecular weight excluding hydrogens is 600 g/mol. The number of halogens is 6. The molecule has 1 aliphatic heterocycles. The molecule has 1 saturated heterocycles. The fraction of sp³-hybridized carbons (Fsp3) is 0.417. The van der Waals surface area contributed by atoms with Crippen molar-refractivity contribution in [2.24, 2.45) is 0 Å². The van der Waals surface area contributed by atoms with Crippen LogP contribution in [0.2, 0.25) is 5.02 Å². The lowest BCUT2D eigenvalue weighted by atomic mass is 9.92. The van der Waals surface area contributed by atoms with Gasteiger partial charge in [0.15, 0.2) is 5.82 Å². The van der Waals surface area contributed by atoms with E-state index in [0.29, 0.717) is 5.03 Å². The predicted molar refractivity (Wildman–Crippen MR) is 139 cm³/mol. The zero-order valence-corrected chi connectivity index (χ0v) is 23.0. The Hall–Kier alpha value is -2.52. The molecule has 2 aromatic heterocycles. The van der Waals surface area contributed by atoms with Crippen LogP contribution in [0.1, 0.15) is 46.8 Å². The second-order valence-corrected chi connectivity index (χ2v) is 10.4. The van der Waals surface area contributed by atoms with Crippen LogP contribution in [0.5, 0.6) is 0 Å². The monoisotopic (exact) mass is 622 g/mol. The van der Waals surface area contributed by atoms with Gasteiger partial charge in [-0.2, -0.15) is 18.3 Å². The van der Waals surface area contributed by atoms with Crippen molar-refractivity contribution >= 4 is 34.8 Å². The maximum atomic E-state index is 13.9. The summed E-state index contributed by atoms with van der Waals surface area (Å²) in [5.41, 5.74) is -1.23. The SMILES string of the molecule is C=C/C=C(/Cl)CC(Cl)c1cn([C@H]2[C@@H](O)[C@@H](CO)O[C@@H](c3nc(C)nn3-c3cc(Cl)ccc3C(F)(F)F)[C@@H]2O)nn1. The number of rotatable bonds is 8. The summed E-state index contributed by atoms with van der Waals surface area (Å²) in [6.45, 7) is 4.31. The highest BCUT2D eigenvalue weighted by Crippen LogP contribution is 2.41. The second-order valence-electron chi connectivity index (χ2n) is 8.98. The minimum atomic E-state index is -4.77. The van der Waals surface area contributed by atoms with Crippen LogP contribution in [-0.4, -0.2) is 70.0 Å². The first-order valence-corrected chi connectivity index (χ1v) is 13.0. The molecule has 10 nitrogen and oxygen atoms in total. The Morgan fingerprint density at radius 3 is 2.65 bits per heavy atom. The van der Waals surface area contributed by atoms with E-state index in [4.69, 9.17) is 39.5 Å². The highest BCUT2D eigenvalue weighted by molar-refractivity contribution is 6.31. The number of hydrogen-bond donors (Lipinski definition) is 3. The number of ether oxygens (including phenoxy) is 1. The van der Waals surface area contributed by atoms with Gasteiger partial charge in [0.1, 0.15) is 42.0 Å². The number of aliphatic hydroxyl groups is 3. The Bertz CT molecular complexity index is 1400. The summed E-state index contributed by atoms with van der Waals surface area (Å²) < 4.78 is 49.4. The van der Waals surface area contributed by atoms with Crippen LogP contribution in [0.15, 0.2) is 48.2 Å². The van der Waals surface area contributed by atoms with Crippen molar-refractivity contribution in [2.45, 2.75) is 55.4 Å². The molecule has 6 atom stereocenters. The van der Waals surface area contributed by atoms with Gasteiger partial charge in [-0.1, -0.05) is 41.1 Å². The average Bonchev–Trinajstić information content (AvgIpc) is 3.51. The standard InChI is InChI=1S/C24H24Cl3F3N6O4/c1-3-4-12(25)7-15(27)16-9-35(34-32-16)19-20(38)18(10-37)40-22(21(19)39)23-31-11(2)33-36(23)17-8-13(26)5-6-14(17)24(28,29)30/h3-6,8-9,15,18-22,37-39H,1,7,10H2,2H3/b12-4+/t15?,18-,19+,20+,21-,22-/m1/s1. The summed E-state index contributed by atoms with van der Waals surface area (Å²) in [4.78, 5) is 4.22. The topological polar surface area (TPSA) is 131 Å². The zero-order chi connectivity index (χ0) is 29.4. The molecule has 3 N–H and O–H groups in total. The molecule has 0 radical (unpaired) electrons. The molecule has 0 saturated carbocycles. The van der Waals surface area contributed by atoms with Gasteiger partial charge in [0.25, 0.3) is 0 Å². The molecule has 4 rings (SSSR count). The van der Waals surface area contributed by atoms with Gasteiger partial charge in [-0.25, -0.2) is 14.3 Å². The zero-order valence-electron chi connectivity index (χ0n) is 20.8. The van der Waals surface area contributed by atoms with Crippen molar-refractivity contribution in [2.75, 3.05) is 6.61 Å². The number of benzene rings is 1. The van der Waals surface area contributed by atoms with Crippen molar-refractivity contribution in [3.05, 3.63) is 76.1 Å². The van der Waals surface area contributed by atoms with Gasteiger partial charge >= 0.3 is 6.18 Å². The molecule has 16 heteroatoms. The molecular formula is C24H24Cl3F3N6O4. The first kappa shape index (κ1) is 30.4. The van der Waals surface area contributed by atoms with Crippen molar-refractivity contribution in [3.63, 3.8) is 0 Å². The Balaban J connectivity index is 1.75. The first-order chi connectivity index (χ1) is 18.8. The van der Waals surface area contributed by atoms with Crippen LogP contribution in [0.25, 0.3) is 5.69 Å². The van der Waals surface area contributed by atoms with E-state index in [1.807, 2.05) is 0 Å². The molecule has 1 unspecified atom stereocenters. The van der Waals surface area contributed by atoms with E-state index in [-0.39, 0.29) is 28.8 Å². The molecule has 1 aliphatic rings. The van der Waals surface area contributed by atoms with Crippen molar-refractivity contribution in [1.82, 2.24) is 29.8 Å². The largest absolute Gasteiger partial charge is 0.418 e. The summed E-state index contributed by atoms with van der Waals surface area (Å²) in [6.07, 6.45) is -6.02. The Morgan fingerprint density at radius 2 is 2.00 bits per heavy atom. The molecule has 0 bridgehead atoms. The average molecular weight is 624 g/mol. The lowest BCUT2D eigenvalue weighted by Crippen LogP contribution is -2.53. The Labute approximate surface area is 241 Å². The maximum absolute atomic E-state index is 13.9. The highest BCUT2D eigenvalue weighted by Gasteiger charge is 2.49. The number of nitrogens with zero attached hydrogens (tertiary/aromatic N) is 6. The van der Waals surface area contributed by atoms with E-state index in [1.54, 1.807) is 6.08 Å². The molecule has 3 heterocycles. The first-order valence-electron chi connectivity index (χ1n) is 11.8. The van der Waals surface area contributed by atoms with Gasteiger partial charge < -0.3 is 20.1 Å². The maximum Gasteiger partial charge on any atom is 0.418 e. The second kappa shape index (κ2) is 12.1. The minimum absolute atomic E-state index is 0.00237. The number of hydrogen-bond acceptors (Lipinski definition) is 8. The number of allylic oxidation sites excluding steroid dienone is 3. The van der Waals surface area contributed by atoms with Crippen molar-refractivity contribution < 1.29 is 33.2 Å². The minimum Gasteiger partial charge on any atom is -0.394 e. The fourth-order valence-electron chi connectivity index (χ4n) is 4.39. The summed E-state index contributed by atoms with van der Waals surface area (Å²) in [5, 5.41) is 44.0. The van der Waals surface area contributed by atoms with Crippen LogP contribution >= 0.6 is 34.8 Å². The highest BCUT2D eigenvalue weighted by atomic mass is 35.5. The number of aromatic nitrogens is 6. The molecule has 3 aromatic rings. The van der Waals surface area contributed by atoms with Gasteiger partial charge in [0.05, 0.1) is 29.4 Å². The fourth-order valence-corrected chi connectivity index (χ4v) is 5.15. The molecule has 0 spiro atoms. The summed E-state index contributed by atoms with van der Waals surface area (Å²) >= 11 is 18.5. The van der Waals surface area contributed by atoms with Crippen molar-refractivity contribution in [3.8, 4) is 5.69 Å².